The summed E-state index contributed by atoms with van der Waals surface area (Å²) in [6.45, 7) is 4.72. The standard InChI is InChI=1S/C27H30INS/c1-22(28)29-20-11-18-26(19-21-29)30-27(23-12-5-2-6-13-23,24-14-7-3-8-15-24)25-16-9-4-10-17-25/h2-10,12-17,22,26H,11,18-21H2,1H3. The summed E-state index contributed by atoms with van der Waals surface area (Å²) in [6.07, 6.45) is 3.80. The van der Waals surface area contributed by atoms with Crippen molar-refractivity contribution in [2.45, 2.75) is 40.2 Å². The molecule has 0 saturated carbocycles. The Hall–Kier alpha value is -1.30. The minimum absolute atomic E-state index is 0.195. The first-order valence-corrected chi connectivity index (χ1v) is 13.0. The molecular formula is C27H30INS. The molecule has 1 aliphatic rings. The summed E-state index contributed by atoms with van der Waals surface area (Å²) >= 11 is 4.73. The molecule has 0 bridgehead atoms. The molecule has 2 atom stereocenters. The lowest BCUT2D eigenvalue weighted by atomic mass is 9.84. The van der Waals surface area contributed by atoms with Gasteiger partial charge in [0.25, 0.3) is 0 Å². The first-order valence-electron chi connectivity index (χ1n) is 10.9. The van der Waals surface area contributed by atoms with Gasteiger partial charge in [-0.1, -0.05) is 114 Å². The van der Waals surface area contributed by atoms with Gasteiger partial charge in [0.15, 0.2) is 0 Å². The quantitative estimate of drug-likeness (QED) is 0.143. The summed E-state index contributed by atoms with van der Waals surface area (Å²) in [5, 5.41) is 0.630. The normalized spacial score (nSPS) is 19.2. The molecule has 0 radical (unpaired) electrons. The lowest BCUT2D eigenvalue weighted by Crippen LogP contribution is -2.31. The van der Waals surface area contributed by atoms with Crippen LogP contribution in [-0.4, -0.2) is 27.3 Å². The van der Waals surface area contributed by atoms with Crippen LogP contribution in [0.3, 0.4) is 0 Å². The molecule has 0 aromatic heterocycles. The van der Waals surface area contributed by atoms with Crippen molar-refractivity contribution < 1.29 is 0 Å². The molecule has 1 heterocycles. The van der Waals surface area contributed by atoms with Crippen LogP contribution in [0.2, 0.25) is 0 Å². The highest BCUT2D eigenvalue weighted by atomic mass is 127. The fourth-order valence-corrected chi connectivity index (χ4v) is 6.92. The molecule has 3 aromatic carbocycles. The predicted octanol–water partition coefficient (Wildman–Crippen LogP) is 7.35. The molecule has 1 fully saturated rings. The van der Waals surface area contributed by atoms with Crippen LogP contribution in [0, 0.1) is 0 Å². The van der Waals surface area contributed by atoms with E-state index in [9.17, 15) is 0 Å². The van der Waals surface area contributed by atoms with Crippen LogP contribution in [0.5, 0.6) is 0 Å². The largest absolute Gasteiger partial charge is 0.292 e. The minimum atomic E-state index is -0.195. The van der Waals surface area contributed by atoms with Gasteiger partial charge in [-0.2, -0.15) is 0 Å². The average molecular weight is 528 g/mol. The molecule has 3 heteroatoms. The van der Waals surface area contributed by atoms with Gasteiger partial charge in [0.2, 0.25) is 0 Å². The second kappa shape index (κ2) is 10.3. The molecule has 0 N–H and O–H groups in total. The molecule has 1 saturated heterocycles. The van der Waals surface area contributed by atoms with Crippen LogP contribution in [-0.2, 0) is 4.75 Å². The van der Waals surface area contributed by atoms with Crippen molar-refractivity contribution in [3.8, 4) is 0 Å². The summed E-state index contributed by atoms with van der Waals surface area (Å²) in [5.74, 6) is 0. The van der Waals surface area contributed by atoms with E-state index < -0.39 is 0 Å². The fourth-order valence-electron chi connectivity index (χ4n) is 4.53. The lowest BCUT2D eigenvalue weighted by Gasteiger charge is -2.38. The van der Waals surface area contributed by atoms with Crippen molar-refractivity contribution >= 4 is 34.4 Å². The van der Waals surface area contributed by atoms with Crippen LogP contribution in [0.1, 0.15) is 42.9 Å². The van der Waals surface area contributed by atoms with E-state index in [2.05, 4.69) is 137 Å². The van der Waals surface area contributed by atoms with Crippen molar-refractivity contribution in [1.29, 1.82) is 0 Å². The Kier molecular flexibility index (Phi) is 7.55. The third-order valence-corrected chi connectivity index (χ3v) is 8.75. The van der Waals surface area contributed by atoms with E-state index in [0.717, 1.165) is 0 Å². The Bertz CT molecular complexity index is 801. The highest BCUT2D eigenvalue weighted by Gasteiger charge is 2.39. The number of benzene rings is 3. The average Bonchev–Trinajstić information content (AvgIpc) is 3.05. The molecule has 156 valence electrons. The smallest absolute Gasteiger partial charge is 0.0909 e. The first-order chi connectivity index (χ1) is 14.7. The van der Waals surface area contributed by atoms with E-state index in [1.165, 1.54) is 49.0 Å². The van der Waals surface area contributed by atoms with Gasteiger partial charge >= 0.3 is 0 Å². The molecule has 1 aliphatic heterocycles. The zero-order valence-corrected chi connectivity index (χ0v) is 20.6. The fraction of sp³-hybridized carbons (Fsp3) is 0.333. The van der Waals surface area contributed by atoms with Crippen molar-refractivity contribution in [2.75, 3.05) is 13.1 Å². The number of hydrogen-bond donors (Lipinski definition) is 0. The van der Waals surface area contributed by atoms with Crippen LogP contribution in [0.15, 0.2) is 91.0 Å². The van der Waals surface area contributed by atoms with Gasteiger partial charge in [-0.05, 0) is 49.4 Å². The van der Waals surface area contributed by atoms with Gasteiger partial charge < -0.3 is 0 Å². The summed E-state index contributed by atoms with van der Waals surface area (Å²) in [5.41, 5.74) is 4.11. The van der Waals surface area contributed by atoms with E-state index in [0.29, 0.717) is 9.30 Å². The highest BCUT2D eigenvalue weighted by molar-refractivity contribution is 14.1. The SMILES string of the molecule is CC(I)N1CCCC(SC(c2ccccc2)(c2ccccc2)c2ccccc2)CC1. The maximum absolute atomic E-state index is 2.64. The number of rotatable bonds is 6. The van der Waals surface area contributed by atoms with Gasteiger partial charge in [0, 0.05) is 11.8 Å². The molecule has 1 nitrogen and oxygen atoms in total. The maximum atomic E-state index is 2.64. The predicted molar refractivity (Wildman–Crippen MR) is 139 cm³/mol. The molecule has 0 amide bonds. The summed E-state index contributed by atoms with van der Waals surface area (Å²) in [6, 6.07) is 33.3. The lowest BCUT2D eigenvalue weighted by molar-refractivity contribution is 0.289. The van der Waals surface area contributed by atoms with E-state index >= 15 is 0 Å². The van der Waals surface area contributed by atoms with Gasteiger partial charge in [-0.25, -0.2) is 0 Å². The third-order valence-electron chi connectivity index (χ3n) is 6.10. The van der Waals surface area contributed by atoms with Crippen LogP contribution in [0.25, 0.3) is 0 Å². The number of thioether (sulfide) groups is 1. The highest BCUT2D eigenvalue weighted by Crippen LogP contribution is 2.51. The van der Waals surface area contributed by atoms with E-state index in [4.69, 9.17) is 0 Å². The zero-order chi connectivity index (χ0) is 20.8. The Balaban J connectivity index is 1.79. The summed E-state index contributed by atoms with van der Waals surface area (Å²) in [7, 11) is 0. The van der Waals surface area contributed by atoms with Gasteiger partial charge in [0.05, 0.1) is 8.80 Å². The maximum Gasteiger partial charge on any atom is 0.0909 e. The minimum Gasteiger partial charge on any atom is -0.292 e. The Morgan fingerprint density at radius 2 is 1.23 bits per heavy atom. The van der Waals surface area contributed by atoms with Crippen LogP contribution >= 0.6 is 34.4 Å². The van der Waals surface area contributed by atoms with Crippen LogP contribution in [0.4, 0.5) is 0 Å². The van der Waals surface area contributed by atoms with Crippen molar-refractivity contribution in [1.82, 2.24) is 4.90 Å². The zero-order valence-electron chi connectivity index (χ0n) is 17.6. The van der Waals surface area contributed by atoms with Gasteiger partial charge in [0.1, 0.15) is 0 Å². The number of likely N-dealkylation sites (tertiary alicyclic amines) is 1. The topological polar surface area (TPSA) is 3.24 Å². The number of alkyl halides is 1. The molecule has 30 heavy (non-hydrogen) atoms. The summed E-state index contributed by atoms with van der Waals surface area (Å²) < 4.78 is 0.410. The summed E-state index contributed by atoms with van der Waals surface area (Å²) in [4.78, 5) is 2.64. The second-order valence-corrected chi connectivity index (χ2v) is 11.4. The molecule has 0 aliphatic carbocycles. The van der Waals surface area contributed by atoms with Crippen LogP contribution < -0.4 is 0 Å². The first kappa shape index (κ1) is 21.9. The number of halogens is 1. The number of nitrogens with zero attached hydrogens (tertiary/aromatic N) is 1. The van der Waals surface area contributed by atoms with E-state index in [1.54, 1.807) is 0 Å². The third kappa shape index (κ3) is 4.79. The van der Waals surface area contributed by atoms with E-state index in [-0.39, 0.29) is 4.75 Å². The Morgan fingerprint density at radius 3 is 1.67 bits per heavy atom. The molecule has 0 spiro atoms. The molecular weight excluding hydrogens is 497 g/mol. The second-order valence-electron chi connectivity index (χ2n) is 8.06. The number of hydrogen-bond acceptors (Lipinski definition) is 2. The Morgan fingerprint density at radius 1 is 0.767 bits per heavy atom. The molecule has 2 unspecified atom stereocenters. The van der Waals surface area contributed by atoms with Gasteiger partial charge in [-0.3, -0.25) is 4.90 Å². The van der Waals surface area contributed by atoms with E-state index in [1.807, 2.05) is 0 Å². The Labute approximate surface area is 199 Å². The van der Waals surface area contributed by atoms with Crippen molar-refractivity contribution in [3.63, 3.8) is 0 Å². The van der Waals surface area contributed by atoms with Gasteiger partial charge in [-0.15, -0.1) is 11.8 Å². The van der Waals surface area contributed by atoms with Crippen molar-refractivity contribution in [2.24, 2.45) is 0 Å². The van der Waals surface area contributed by atoms with Crippen molar-refractivity contribution in [3.05, 3.63) is 108 Å². The molecule has 4 rings (SSSR count). The molecule has 3 aromatic rings. The monoisotopic (exact) mass is 527 g/mol.